The third kappa shape index (κ3) is 3.09. The highest BCUT2D eigenvalue weighted by Crippen LogP contribution is 2.41. The van der Waals surface area contributed by atoms with Gasteiger partial charge in [0.25, 0.3) is 0 Å². The van der Waals surface area contributed by atoms with E-state index in [9.17, 15) is 0 Å². The van der Waals surface area contributed by atoms with Gasteiger partial charge in [-0.2, -0.15) is 0 Å². The minimum atomic E-state index is -0.0834. The molecule has 0 amide bonds. The lowest BCUT2D eigenvalue weighted by atomic mass is 9.82. The Balaban J connectivity index is 1.70. The summed E-state index contributed by atoms with van der Waals surface area (Å²) in [5, 5.41) is 0. The first kappa shape index (κ1) is 15.4. The van der Waals surface area contributed by atoms with E-state index in [0.717, 1.165) is 43.8 Å². The van der Waals surface area contributed by atoms with Crippen molar-refractivity contribution in [3.05, 3.63) is 71.8 Å². The van der Waals surface area contributed by atoms with Crippen LogP contribution in [0.3, 0.4) is 0 Å². The summed E-state index contributed by atoms with van der Waals surface area (Å²) in [6.45, 7) is 2.17. The molecule has 2 aliphatic heterocycles. The Labute approximate surface area is 144 Å². The molecular formula is C21H24N2O. The number of hydrogen-bond acceptors (Lipinski definition) is 3. The van der Waals surface area contributed by atoms with Crippen LogP contribution >= 0.6 is 0 Å². The first-order valence-electron chi connectivity index (χ1n) is 8.80. The number of benzene rings is 2. The van der Waals surface area contributed by atoms with Gasteiger partial charge in [0.1, 0.15) is 5.60 Å². The predicted octanol–water partition coefficient (Wildman–Crippen LogP) is 4.06. The molecule has 24 heavy (non-hydrogen) atoms. The van der Waals surface area contributed by atoms with Crippen LogP contribution in [0, 0.1) is 0 Å². The first-order valence-corrected chi connectivity index (χ1v) is 8.80. The Bertz CT molecular complexity index is 703. The molecule has 1 atom stereocenters. The Morgan fingerprint density at radius 3 is 2.25 bits per heavy atom. The highest BCUT2D eigenvalue weighted by Gasteiger charge is 2.42. The van der Waals surface area contributed by atoms with Crippen LogP contribution in [0.25, 0.3) is 0 Å². The van der Waals surface area contributed by atoms with Crippen molar-refractivity contribution in [3.8, 4) is 0 Å². The van der Waals surface area contributed by atoms with Gasteiger partial charge >= 0.3 is 0 Å². The largest absolute Gasteiger partial charge is 0.471 e. The summed E-state index contributed by atoms with van der Waals surface area (Å²) in [6, 6.07) is 21.1. The van der Waals surface area contributed by atoms with Gasteiger partial charge in [-0.3, -0.25) is 0 Å². The van der Waals surface area contributed by atoms with Gasteiger partial charge in [0, 0.05) is 37.9 Å². The minimum absolute atomic E-state index is 0.0834. The molecule has 1 unspecified atom stereocenters. The molecule has 1 fully saturated rings. The molecule has 3 heteroatoms. The van der Waals surface area contributed by atoms with Crippen LogP contribution in [0.4, 0.5) is 0 Å². The van der Waals surface area contributed by atoms with Crippen LogP contribution in [0.15, 0.2) is 65.7 Å². The number of rotatable bonds is 2. The third-order valence-corrected chi connectivity index (χ3v) is 5.25. The lowest BCUT2D eigenvalue weighted by Gasteiger charge is -2.44. The molecule has 3 nitrogen and oxygen atoms in total. The highest BCUT2D eigenvalue weighted by molar-refractivity contribution is 5.95. The number of hydrogen-bond donors (Lipinski definition) is 0. The van der Waals surface area contributed by atoms with Crippen LogP contribution < -0.4 is 0 Å². The normalized spacial score (nSPS) is 23.5. The van der Waals surface area contributed by atoms with Gasteiger partial charge in [0.15, 0.2) is 0 Å². The second-order valence-electron chi connectivity index (χ2n) is 7.02. The average Bonchev–Trinajstić information content (AvgIpc) is 2.66. The molecule has 1 spiro atoms. The Hall–Kier alpha value is -2.13. The second kappa shape index (κ2) is 6.40. The predicted molar refractivity (Wildman–Crippen MR) is 97.3 cm³/mol. The molecule has 2 aromatic rings. The van der Waals surface area contributed by atoms with E-state index >= 15 is 0 Å². The summed E-state index contributed by atoms with van der Waals surface area (Å²) >= 11 is 0. The van der Waals surface area contributed by atoms with Crippen LogP contribution in [0.2, 0.25) is 0 Å². The topological polar surface area (TPSA) is 24.8 Å². The van der Waals surface area contributed by atoms with Crippen LogP contribution in [-0.2, 0) is 4.74 Å². The van der Waals surface area contributed by atoms with Crippen molar-refractivity contribution < 1.29 is 4.74 Å². The van der Waals surface area contributed by atoms with E-state index in [2.05, 4.69) is 66.5 Å². The number of nitrogens with zero attached hydrogens (tertiary/aromatic N) is 2. The third-order valence-electron chi connectivity index (χ3n) is 5.25. The summed E-state index contributed by atoms with van der Waals surface area (Å²) in [4.78, 5) is 7.36. The maximum Gasteiger partial charge on any atom is 0.217 e. The quantitative estimate of drug-likeness (QED) is 0.833. The Morgan fingerprint density at radius 2 is 1.58 bits per heavy atom. The molecule has 0 saturated carbocycles. The SMILES string of the molecule is CN1CCC2(CC1)CC(c1ccccc1)N=C(c1ccccc1)O2. The molecule has 0 N–H and O–H groups in total. The highest BCUT2D eigenvalue weighted by atomic mass is 16.5. The van der Waals surface area contributed by atoms with Gasteiger partial charge in [0.2, 0.25) is 5.90 Å². The minimum Gasteiger partial charge on any atom is -0.471 e. The lowest BCUT2D eigenvalue weighted by Crippen LogP contribution is -2.48. The molecule has 0 aromatic heterocycles. The van der Waals surface area contributed by atoms with Gasteiger partial charge in [-0.25, -0.2) is 4.99 Å². The number of piperidine rings is 1. The summed E-state index contributed by atoms with van der Waals surface area (Å²) in [7, 11) is 2.19. The van der Waals surface area contributed by atoms with Crippen LogP contribution in [0.1, 0.15) is 36.4 Å². The summed E-state index contributed by atoms with van der Waals surface area (Å²) in [5.41, 5.74) is 2.28. The summed E-state index contributed by atoms with van der Waals surface area (Å²) < 4.78 is 6.52. The van der Waals surface area contributed by atoms with Crippen molar-refractivity contribution in [3.63, 3.8) is 0 Å². The zero-order valence-corrected chi connectivity index (χ0v) is 14.2. The van der Waals surface area contributed by atoms with Gasteiger partial charge in [-0.1, -0.05) is 48.5 Å². The lowest BCUT2D eigenvalue weighted by molar-refractivity contribution is -0.0245. The van der Waals surface area contributed by atoms with Crippen LogP contribution in [-0.4, -0.2) is 36.5 Å². The molecule has 124 valence electrons. The van der Waals surface area contributed by atoms with E-state index in [-0.39, 0.29) is 11.6 Å². The van der Waals surface area contributed by atoms with Gasteiger partial charge < -0.3 is 9.64 Å². The molecule has 2 heterocycles. The van der Waals surface area contributed by atoms with Crippen molar-refractivity contribution in [1.29, 1.82) is 0 Å². The van der Waals surface area contributed by atoms with Crippen molar-refractivity contribution in [2.45, 2.75) is 30.9 Å². The fraction of sp³-hybridized carbons (Fsp3) is 0.381. The molecule has 0 bridgehead atoms. The number of aliphatic imine (C=N–C) groups is 1. The average molecular weight is 320 g/mol. The Kier molecular flexibility index (Phi) is 4.11. The van der Waals surface area contributed by atoms with Gasteiger partial charge in [-0.05, 0) is 24.7 Å². The molecule has 1 saturated heterocycles. The molecule has 4 rings (SSSR count). The number of likely N-dealkylation sites (tertiary alicyclic amines) is 1. The van der Waals surface area contributed by atoms with Gasteiger partial charge in [-0.15, -0.1) is 0 Å². The first-order chi connectivity index (χ1) is 11.7. The van der Waals surface area contributed by atoms with Crippen molar-refractivity contribution in [2.24, 2.45) is 4.99 Å². The van der Waals surface area contributed by atoms with E-state index in [0.29, 0.717) is 0 Å². The summed E-state index contributed by atoms with van der Waals surface area (Å²) in [6.07, 6.45) is 3.11. The zero-order chi connectivity index (χ0) is 16.4. The summed E-state index contributed by atoms with van der Waals surface area (Å²) in [5.74, 6) is 0.806. The maximum atomic E-state index is 6.52. The van der Waals surface area contributed by atoms with Gasteiger partial charge in [0.05, 0.1) is 6.04 Å². The molecule has 2 aromatic carbocycles. The monoisotopic (exact) mass is 320 g/mol. The Morgan fingerprint density at radius 1 is 0.958 bits per heavy atom. The fourth-order valence-corrected chi connectivity index (χ4v) is 3.73. The number of ether oxygens (including phenoxy) is 1. The van der Waals surface area contributed by atoms with Crippen molar-refractivity contribution in [1.82, 2.24) is 4.90 Å². The van der Waals surface area contributed by atoms with E-state index in [1.165, 1.54) is 5.56 Å². The second-order valence-corrected chi connectivity index (χ2v) is 7.02. The van der Waals surface area contributed by atoms with Crippen molar-refractivity contribution >= 4 is 5.90 Å². The molecular weight excluding hydrogens is 296 g/mol. The van der Waals surface area contributed by atoms with E-state index < -0.39 is 0 Å². The van der Waals surface area contributed by atoms with Crippen molar-refractivity contribution in [2.75, 3.05) is 20.1 Å². The van der Waals surface area contributed by atoms with Crippen LogP contribution in [0.5, 0.6) is 0 Å². The molecule has 2 aliphatic rings. The smallest absolute Gasteiger partial charge is 0.217 e. The molecule has 0 radical (unpaired) electrons. The van der Waals surface area contributed by atoms with E-state index in [1.807, 2.05) is 6.07 Å². The maximum absolute atomic E-state index is 6.52. The zero-order valence-electron chi connectivity index (χ0n) is 14.2. The fourth-order valence-electron chi connectivity index (χ4n) is 3.73. The standard InChI is InChI=1S/C21H24N2O/c1-23-14-12-21(13-15-23)16-19(17-8-4-2-5-9-17)22-20(24-21)18-10-6-3-7-11-18/h2-11,19H,12-16H2,1H3. The van der Waals surface area contributed by atoms with E-state index in [4.69, 9.17) is 9.73 Å². The van der Waals surface area contributed by atoms with E-state index in [1.54, 1.807) is 0 Å². The molecule has 0 aliphatic carbocycles.